The van der Waals surface area contributed by atoms with Crippen molar-refractivity contribution in [2.45, 2.75) is 83.0 Å². The van der Waals surface area contributed by atoms with Crippen LogP contribution in [0.15, 0.2) is 0 Å². The number of hydrogen-bond acceptors (Lipinski definition) is 3. The Bertz CT molecular complexity index is 326. The number of nitrogens with zero attached hydrogens (tertiary/aromatic N) is 1. The lowest BCUT2D eigenvalue weighted by molar-refractivity contribution is -0.213. The molecule has 3 nitrogen and oxygen atoms in total. The molecule has 0 unspecified atom stereocenters. The summed E-state index contributed by atoms with van der Waals surface area (Å²) in [6, 6.07) is 0. The summed E-state index contributed by atoms with van der Waals surface area (Å²) >= 11 is 0. The van der Waals surface area contributed by atoms with Crippen LogP contribution < -0.4 is 0 Å². The molecular formula is C18H33NO2. The average molecular weight is 295 g/mol. The van der Waals surface area contributed by atoms with E-state index >= 15 is 0 Å². The predicted octanol–water partition coefficient (Wildman–Crippen LogP) is 3.96. The summed E-state index contributed by atoms with van der Waals surface area (Å²) < 4.78 is 12.6. The van der Waals surface area contributed by atoms with E-state index < -0.39 is 0 Å². The molecule has 0 aromatic heterocycles. The Labute approximate surface area is 130 Å². The van der Waals surface area contributed by atoms with Gasteiger partial charge in [-0.1, -0.05) is 33.1 Å². The molecule has 2 aliphatic heterocycles. The number of piperidine rings is 1. The van der Waals surface area contributed by atoms with E-state index in [0.717, 1.165) is 51.3 Å². The van der Waals surface area contributed by atoms with Crippen molar-refractivity contribution in [3.05, 3.63) is 0 Å². The van der Waals surface area contributed by atoms with Gasteiger partial charge >= 0.3 is 0 Å². The van der Waals surface area contributed by atoms with E-state index in [0.29, 0.717) is 0 Å². The zero-order valence-corrected chi connectivity index (χ0v) is 14.0. The first kappa shape index (κ1) is 15.8. The topological polar surface area (TPSA) is 21.7 Å². The Morgan fingerprint density at radius 2 is 1.67 bits per heavy atom. The Balaban J connectivity index is 1.49. The Kier molecular flexibility index (Phi) is 4.92. The Morgan fingerprint density at radius 3 is 2.24 bits per heavy atom. The van der Waals surface area contributed by atoms with E-state index in [1.807, 2.05) is 0 Å². The minimum absolute atomic E-state index is 0.00839. The van der Waals surface area contributed by atoms with E-state index in [4.69, 9.17) is 9.47 Å². The molecule has 0 aromatic rings. The smallest absolute Gasteiger partial charge is 0.171 e. The SMILES string of the molecule is CCC1(CC)COC2(CCN(CC3CCCCC3)CC2)O1. The first-order valence-electron chi connectivity index (χ1n) is 9.26. The van der Waals surface area contributed by atoms with Crippen molar-refractivity contribution in [3.8, 4) is 0 Å². The third kappa shape index (κ3) is 3.46. The highest BCUT2D eigenvalue weighted by Gasteiger charge is 2.49. The lowest BCUT2D eigenvalue weighted by Crippen LogP contribution is -2.47. The van der Waals surface area contributed by atoms with Gasteiger partial charge in [0.25, 0.3) is 0 Å². The van der Waals surface area contributed by atoms with Crippen LogP contribution in [0.5, 0.6) is 0 Å². The normalized spacial score (nSPS) is 30.0. The van der Waals surface area contributed by atoms with Crippen LogP contribution >= 0.6 is 0 Å². The quantitative estimate of drug-likeness (QED) is 0.783. The van der Waals surface area contributed by atoms with Crippen LogP contribution in [0, 0.1) is 5.92 Å². The molecule has 0 atom stereocenters. The van der Waals surface area contributed by atoms with Gasteiger partial charge in [-0.3, -0.25) is 0 Å². The highest BCUT2D eigenvalue weighted by Crippen LogP contribution is 2.42. The van der Waals surface area contributed by atoms with Gasteiger partial charge in [-0.25, -0.2) is 0 Å². The molecule has 1 spiro atoms. The molecule has 0 aromatic carbocycles. The van der Waals surface area contributed by atoms with Crippen molar-refractivity contribution >= 4 is 0 Å². The highest BCUT2D eigenvalue weighted by atomic mass is 16.8. The fourth-order valence-corrected chi connectivity index (χ4v) is 4.37. The number of ether oxygens (including phenoxy) is 2. The maximum absolute atomic E-state index is 6.47. The minimum Gasteiger partial charge on any atom is -0.347 e. The van der Waals surface area contributed by atoms with Crippen LogP contribution in [-0.2, 0) is 9.47 Å². The van der Waals surface area contributed by atoms with Crippen molar-refractivity contribution in [1.29, 1.82) is 0 Å². The van der Waals surface area contributed by atoms with Gasteiger partial charge in [0, 0.05) is 32.5 Å². The Morgan fingerprint density at radius 1 is 1.00 bits per heavy atom. The second-order valence-corrected chi connectivity index (χ2v) is 7.50. The van der Waals surface area contributed by atoms with Crippen molar-refractivity contribution in [2.24, 2.45) is 5.92 Å². The minimum atomic E-state index is -0.255. The molecule has 3 aliphatic rings. The molecule has 3 heteroatoms. The molecule has 1 saturated carbocycles. The zero-order chi connectivity index (χ0) is 14.8. The zero-order valence-electron chi connectivity index (χ0n) is 14.0. The molecule has 0 N–H and O–H groups in total. The monoisotopic (exact) mass is 295 g/mol. The van der Waals surface area contributed by atoms with Crippen LogP contribution in [0.25, 0.3) is 0 Å². The predicted molar refractivity (Wildman–Crippen MR) is 85.3 cm³/mol. The third-order valence-corrected chi connectivity index (χ3v) is 6.15. The van der Waals surface area contributed by atoms with Crippen molar-refractivity contribution < 1.29 is 9.47 Å². The molecular weight excluding hydrogens is 262 g/mol. The first-order valence-corrected chi connectivity index (χ1v) is 9.26. The third-order valence-electron chi connectivity index (χ3n) is 6.15. The summed E-state index contributed by atoms with van der Waals surface area (Å²) in [5.74, 6) is 0.693. The molecule has 3 fully saturated rings. The van der Waals surface area contributed by atoms with Crippen LogP contribution in [0.1, 0.15) is 71.6 Å². The number of rotatable bonds is 4. The van der Waals surface area contributed by atoms with Gasteiger partial charge in [-0.2, -0.15) is 0 Å². The van der Waals surface area contributed by atoms with Crippen LogP contribution in [0.3, 0.4) is 0 Å². The standard InChI is InChI=1S/C18H33NO2/c1-3-17(4-2)15-20-18(21-17)10-12-19(13-11-18)14-16-8-6-5-7-9-16/h16H,3-15H2,1-2H3. The van der Waals surface area contributed by atoms with Gasteiger partial charge in [-0.15, -0.1) is 0 Å². The fourth-order valence-electron chi connectivity index (χ4n) is 4.37. The molecule has 0 bridgehead atoms. The van der Waals surface area contributed by atoms with Crippen molar-refractivity contribution in [2.75, 3.05) is 26.2 Å². The number of likely N-dealkylation sites (tertiary alicyclic amines) is 1. The summed E-state index contributed by atoms with van der Waals surface area (Å²) in [5.41, 5.74) is -0.00839. The second-order valence-electron chi connectivity index (χ2n) is 7.50. The molecule has 2 heterocycles. The molecule has 2 saturated heterocycles. The maximum Gasteiger partial charge on any atom is 0.171 e. The van der Waals surface area contributed by atoms with Gasteiger partial charge in [0.05, 0.1) is 12.2 Å². The van der Waals surface area contributed by atoms with Gasteiger partial charge in [-0.05, 0) is 31.6 Å². The van der Waals surface area contributed by atoms with E-state index in [2.05, 4.69) is 18.7 Å². The lowest BCUT2D eigenvalue weighted by Gasteiger charge is -2.40. The second kappa shape index (κ2) is 6.55. The van der Waals surface area contributed by atoms with E-state index in [-0.39, 0.29) is 11.4 Å². The molecule has 3 rings (SSSR count). The summed E-state index contributed by atoms with van der Waals surface area (Å²) in [6.45, 7) is 8.86. The molecule has 1 aliphatic carbocycles. The largest absolute Gasteiger partial charge is 0.347 e. The van der Waals surface area contributed by atoms with Gasteiger partial charge in [0.2, 0.25) is 0 Å². The van der Waals surface area contributed by atoms with E-state index in [1.54, 1.807) is 0 Å². The highest BCUT2D eigenvalue weighted by molar-refractivity contribution is 4.92. The molecule has 0 radical (unpaired) electrons. The summed E-state index contributed by atoms with van der Waals surface area (Å²) in [7, 11) is 0. The summed E-state index contributed by atoms with van der Waals surface area (Å²) in [5, 5.41) is 0. The van der Waals surface area contributed by atoms with Crippen LogP contribution in [-0.4, -0.2) is 42.5 Å². The van der Waals surface area contributed by atoms with E-state index in [9.17, 15) is 0 Å². The number of hydrogen-bond donors (Lipinski definition) is 0. The fraction of sp³-hybridized carbons (Fsp3) is 1.00. The maximum atomic E-state index is 6.47. The summed E-state index contributed by atoms with van der Waals surface area (Å²) in [6.07, 6.45) is 11.5. The molecule has 122 valence electrons. The van der Waals surface area contributed by atoms with Crippen molar-refractivity contribution in [3.63, 3.8) is 0 Å². The van der Waals surface area contributed by atoms with Crippen LogP contribution in [0.4, 0.5) is 0 Å². The molecule has 0 amide bonds. The lowest BCUT2D eigenvalue weighted by atomic mass is 9.88. The van der Waals surface area contributed by atoms with E-state index in [1.165, 1.54) is 38.6 Å². The first-order chi connectivity index (χ1) is 10.2. The van der Waals surface area contributed by atoms with Crippen molar-refractivity contribution in [1.82, 2.24) is 4.90 Å². The van der Waals surface area contributed by atoms with Gasteiger partial charge < -0.3 is 14.4 Å². The Hall–Kier alpha value is -0.120. The summed E-state index contributed by atoms with van der Waals surface area (Å²) in [4.78, 5) is 2.66. The average Bonchev–Trinajstić information content (AvgIpc) is 2.91. The van der Waals surface area contributed by atoms with Gasteiger partial charge in [0.1, 0.15) is 0 Å². The van der Waals surface area contributed by atoms with Gasteiger partial charge in [0.15, 0.2) is 5.79 Å². The molecule has 21 heavy (non-hydrogen) atoms. The van der Waals surface area contributed by atoms with Crippen LogP contribution in [0.2, 0.25) is 0 Å².